The van der Waals surface area contributed by atoms with E-state index in [1.165, 1.54) is 22.5 Å². The Morgan fingerprint density at radius 2 is 1.86 bits per heavy atom. The van der Waals surface area contributed by atoms with Gasteiger partial charge in [-0.25, -0.2) is 0 Å². The lowest BCUT2D eigenvalue weighted by molar-refractivity contribution is 0.577. The number of nitrogens with zero attached hydrogens (tertiary/aromatic N) is 1. The van der Waals surface area contributed by atoms with E-state index < -0.39 is 0 Å². The van der Waals surface area contributed by atoms with Crippen LogP contribution in [-0.4, -0.2) is 13.1 Å². The molecule has 1 aliphatic rings. The molecule has 0 fully saturated rings. The van der Waals surface area contributed by atoms with E-state index in [-0.39, 0.29) is 0 Å². The van der Waals surface area contributed by atoms with Crippen molar-refractivity contribution >= 4 is 11.4 Å². The molecule has 0 aliphatic carbocycles. The Bertz CT molecular complexity index is 599. The van der Waals surface area contributed by atoms with Crippen LogP contribution in [0.2, 0.25) is 0 Å². The van der Waals surface area contributed by atoms with Crippen LogP contribution in [0.25, 0.3) is 0 Å². The van der Waals surface area contributed by atoms with E-state index in [1.807, 2.05) is 7.05 Å². The van der Waals surface area contributed by atoms with Gasteiger partial charge in [-0.2, -0.15) is 0 Å². The maximum Gasteiger partial charge on any atom is 0.0446 e. The molecule has 2 aromatic carbocycles. The van der Waals surface area contributed by atoms with Crippen molar-refractivity contribution in [2.75, 3.05) is 11.9 Å². The molecule has 1 N–H and O–H groups in total. The number of nitrogens with one attached hydrogen (secondary N) is 1. The zero-order valence-electron chi connectivity index (χ0n) is 13.1. The quantitative estimate of drug-likeness (QED) is 0.890. The molecule has 0 aromatic heterocycles. The molecule has 0 spiro atoms. The fourth-order valence-electron chi connectivity index (χ4n) is 3.43. The molecule has 21 heavy (non-hydrogen) atoms. The highest BCUT2D eigenvalue weighted by molar-refractivity contribution is 5.71. The first-order valence-electron chi connectivity index (χ1n) is 7.89. The molecule has 0 saturated heterocycles. The number of hydrogen-bond donors (Lipinski definition) is 1. The van der Waals surface area contributed by atoms with E-state index in [2.05, 4.69) is 72.6 Å². The van der Waals surface area contributed by atoms with Gasteiger partial charge in [0.05, 0.1) is 0 Å². The second-order valence-electron chi connectivity index (χ2n) is 5.89. The Hall–Kier alpha value is -1.80. The summed E-state index contributed by atoms with van der Waals surface area (Å²) in [4.78, 5) is 2.46. The standard InChI is InChI=1S/C19H24N2/c1-4-18(20-3)15-9-11-17(12-10-15)21-14(2)13-16-7-5-6-8-19(16)21/h5-12,14,18,20H,4,13H2,1-3H3. The van der Waals surface area contributed by atoms with Crippen molar-refractivity contribution in [2.45, 2.75) is 38.8 Å². The van der Waals surface area contributed by atoms with Crippen LogP contribution in [0.1, 0.15) is 37.4 Å². The maximum absolute atomic E-state index is 3.37. The average molecular weight is 280 g/mol. The molecule has 2 atom stereocenters. The summed E-state index contributed by atoms with van der Waals surface area (Å²) in [5.41, 5.74) is 5.47. The van der Waals surface area contributed by atoms with E-state index in [1.54, 1.807) is 0 Å². The molecular formula is C19H24N2. The largest absolute Gasteiger partial charge is 0.338 e. The third-order valence-electron chi connectivity index (χ3n) is 4.54. The van der Waals surface area contributed by atoms with E-state index in [0.717, 1.165) is 12.8 Å². The fraction of sp³-hybridized carbons (Fsp3) is 0.368. The van der Waals surface area contributed by atoms with E-state index in [4.69, 9.17) is 0 Å². The molecule has 1 heterocycles. The van der Waals surface area contributed by atoms with E-state index >= 15 is 0 Å². The summed E-state index contributed by atoms with van der Waals surface area (Å²) >= 11 is 0. The van der Waals surface area contributed by atoms with Crippen LogP contribution >= 0.6 is 0 Å². The van der Waals surface area contributed by atoms with Crippen molar-refractivity contribution in [3.63, 3.8) is 0 Å². The Morgan fingerprint density at radius 3 is 2.52 bits per heavy atom. The molecule has 110 valence electrons. The number of benzene rings is 2. The van der Waals surface area contributed by atoms with Crippen LogP contribution in [0.4, 0.5) is 11.4 Å². The predicted molar refractivity (Wildman–Crippen MR) is 90.3 cm³/mol. The summed E-state index contributed by atoms with van der Waals surface area (Å²) < 4.78 is 0. The van der Waals surface area contributed by atoms with Crippen LogP contribution in [0.5, 0.6) is 0 Å². The fourth-order valence-corrected chi connectivity index (χ4v) is 3.43. The van der Waals surface area contributed by atoms with Gasteiger partial charge in [0, 0.05) is 23.5 Å². The van der Waals surface area contributed by atoms with Gasteiger partial charge < -0.3 is 10.2 Å². The molecule has 2 nitrogen and oxygen atoms in total. The molecule has 0 bridgehead atoms. The SMILES string of the molecule is CCC(NC)c1ccc(N2c3ccccc3CC2C)cc1. The van der Waals surface area contributed by atoms with Crippen LogP contribution in [0.15, 0.2) is 48.5 Å². The number of fused-ring (bicyclic) bond motifs is 1. The lowest BCUT2D eigenvalue weighted by Crippen LogP contribution is -2.24. The van der Waals surface area contributed by atoms with Gasteiger partial charge in [0.2, 0.25) is 0 Å². The minimum atomic E-state index is 0.447. The second-order valence-corrected chi connectivity index (χ2v) is 5.89. The number of para-hydroxylation sites is 1. The molecule has 0 amide bonds. The van der Waals surface area contributed by atoms with Gasteiger partial charge in [0.25, 0.3) is 0 Å². The van der Waals surface area contributed by atoms with Crippen molar-refractivity contribution < 1.29 is 0 Å². The Morgan fingerprint density at radius 1 is 1.14 bits per heavy atom. The highest BCUT2D eigenvalue weighted by atomic mass is 15.2. The highest BCUT2D eigenvalue weighted by Crippen LogP contribution is 2.38. The Kier molecular flexibility index (Phi) is 3.98. The van der Waals surface area contributed by atoms with Gasteiger partial charge in [-0.15, -0.1) is 0 Å². The zero-order chi connectivity index (χ0) is 14.8. The van der Waals surface area contributed by atoms with Crippen molar-refractivity contribution in [1.29, 1.82) is 0 Å². The summed E-state index contributed by atoms with van der Waals surface area (Å²) in [6, 6.07) is 18.7. The Balaban J connectivity index is 1.91. The first-order chi connectivity index (χ1) is 10.2. The number of rotatable bonds is 4. The molecule has 2 unspecified atom stereocenters. The summed E-state index contributed by atoms with van der Waals surface area (Å²) in [6.45, 7) is 4.52. The smallest absolute Gasteiger partial charge is 0.0446 e. The average Bonchev–Trinajstić information content (AvgIpc) is 2.85. The minimum Gasteiger partial charge on any atom is -0.338 e. The second kappa shape index (κ2) is 5.90. The molecule has 0 radical (unpaired) electrons. The molecule has 3 rings (SSSR count). The highest BCUT2D eigenvalue weighted by Gasteiger charge is 2.26. The van der Waals surface area contributed by atoms with Crippen LogP contribution in [-0.2, 0) is 6.42 Å². The number of hydrogen-bond acceptors (Lipinski definition) is 2. The minimum absolute atomic E-state index is 0.447. The molecule has 2 aromatic rings. The van der Waals surface area contributed by atoms with Gasteiger partial charge in [-0.1, -0.05) is 37.3 Å². The normalized spacial score (nSPS) is 18.6. The molecule has 2 heteroatoms. The van der Waals surface area contributed by atoms with Crippen LogP contribution in [0.3, 0.4) is 0 Å². The third-order valence-corrected chi connectivity index (χ3v) is 4.54. The van der Waals surface area contributed by atoms with Gasteiger partial charge in [-0.3, -0.25) is 0 Å². The van der Waals surface area contributed by atoms with Crippen molar-refractivity contribution in [2.24, 2.45) is 0 Å². The first-order valence-corrected chi connectivity index (χ1v) is 7.89. The summed E-state index contributed by atoms with van der Waals surface area (Å²) in [5.74, 6) is 0. The van der Waals surface area contributed by atoms with E-state index in [9.17, 15) is 0 Å². The van der Waals surface area contributed by atoms with Gasteiger partial charge in [0.15, 0.2) is 0 Å². The van der Waals surface area contributed by atoms with Gasteiger partial charge in [0.1, 0.15) is 0 Å². The zero-order valence-corrected chi connectivity index (χ0v) is 13.1. The maximum atomic E-state index is 3.37. The van der Waals surface area contributed by atoms with Crippen molar-refractivity contribution in [3.8, 4) is 0 Å². The monoisotopic (exact) mass is 280 g/mol. The molecule has 0 saturated carbocycles. The summed E-state index contributed by atoms with van der Waals surface area (Å²) in [7, 11) is 2.03. The van der Waals surface area contributed by atoms with Gasteiger partial charge >= 0.3 is 0 Å². The lowest BCUT2D eigenvalue weighted by Gasteiger charge is -2.26. The molecular weight excluding hydrogens is 256 g/mol. The molecule has 1 aliphatic heterocycles. The summed E-state index contributed by atoms with van der Waals surface area (Å²) in [5, 5.41) is 3.37. The topological polar surface area (TPSA) is 15.3 Å². The van der Waals surface area contributed by atoms with Crippen molar-refractivity contribution in [3.05, 3.63) is 59.7 Å². The third kappa shape index (κ3) is 2.56. The van der Waals surface area contributed by atoms with Crippen LogP contribution in [0, 0.1) is 0 Å². The van der Waals surface area contributed by atoms with E-state index in [0.29, 0.717) is 12.1 Å². The Labute approximate surface area is 127 Å². The number of anilines is 2. The van der Waals surface area contributed by atoms with Crippen LogP contribution < -0.4 is 10.2 Å². The van der Waals surface area contributed by atoms with Crippen molar-refractivity contribution in [1.82, 2.24) is 5.32 Å². The lowest BCUT2D eigenvalue weighted by atomic mass is 10.0. The predicted octanol–water partition coefficient (Wildman–Crippen LogP) is 4.44. The summed E-state index contributed by atoms with van der Waals surface area (Å²) in [6.07, 6.45) is 2.24. The van der Waals surface area contributed by atoms with Gasteiger partial charge in [-0.05, 0) is 56.1 Å². The first kappa shape index (κ1) is 14.2.